The molecule has 0 aromatic rings. The number of allylic oxidation sites excluding steroid dienone is 1. The minimum Gasteiger partial charge on any atom is -0.496 e. The van der Waals surface area contributed by atoms with Crippen molar-refractivity contribution in [3.8, 4) is 0 Å². The monoisotopic (exact) mass is 200 g/mol. The molecule has 14 heavy (non-hydrogen) atoms. The second-order valence-electron chi connectivity index (χ2n) is 4.28. The highest BCUT2D eigenvalue weighted by Gasteiger charge is 2.25. The largest absolute Gasteiger partial charge is 0.496 e. The highest BCUT2D eigenvalue weighted by Crippen LogP contribution is 2.22. The molecule has 3 nitrogen and oxygen atoms in total. The van der Waals surface area contributed by atoms with Gasteiger partial charge in [-0.3, -0.25) is 0 Å². The minimum absolute atomic E-state index is 0.305. The molecule has 0 amide bonds. The fourth-order valence-electron chi connectivity index (χ4n) is 1.46. The van der Waals surface area contributed by atoms with Crippen LogP contribution in [0.1, 0.15) is 33.1 Å². The molecule has 1 unspecified atom stereocenters. The quantitative estimate of drug-likeness (QED) is 0.752. The van der Waals surface area contributed by atoms with E-state index in [1.165, 1.54) is 0 Å². The summed E-state index contributed by atoms with van der Waals surface area (Å²) < 4.78 is 10.6. The van der Waals surface area contributed by atoms with Crippen LogP contribution < -0.4 is 0 Å². The lowest BCUT2D eigenvalue weighted by atomic mass is 9.98. The van der Waals surface area contributed by atoms with E-state index < -0.39 is 6.10 Å². The predicted molar refractivity (Wildman–Crippen MR) is 55.0 cm³/mol. The van der Waals surface area contributed by atoms with Gasteiger partial charge in [0.1, 0.15) is 11.9 Å². The molecule has 0 aromatic carbocycles. The third kappa shape index (κ3) is 3.31. The molecule has 82 valence electrons. The van der Waals surface area contributed by atoms with Gasteiger partial charge in [0.25, 0.3) is 0 Å². The Morgan fingerprint density at radius 1 is 1.64 bits per heavy atom. The maximum atomic E-state index is 9.87. The molecule has 0 saturated heterocycles. The summed E-state index contributed by atoms with van der Waals surface area (Å²) in [6.45, 7) is 4.63. The normalized spacial score (nSPS) is 19.9. The van der Waals surface area contributed by atoms with Crippen molar-refractivity contribution in [2.45, 2.75) is 44.8 Å². The molecule has 0 fully saturated rings. The molecule has 0 radical (unpaired) electrons. The van der Waals surface area contributed by atoms with Crippen molar-refractivity contribution < 1.29 is 14.6 Å². The van der Waals surface area contributed by atoms with Crippen LogP contribution in [0.2, 0.25) is 0 Å². The number of aliphatic hydroxyl groups is 1. The van der Waals surface area contributed by atoms with Gasteiger partial charge in [-0.15, -0.1) is 0 Å². The van der Waals surface area contributed by atoms with Crippen molar-refractivity contribution in [3.05, 3.63) is 11.8 Å². The zero-order valence-corrected chi connectivity index (χ0v) is 9.25. The van der Waals surface area contributed by atoms with Crippen LogP contribution in [0.4, 0.5) is 0 Å². The van der Waals surface area contributed by atoms with E-state index in [0.717, 1.165) is 19.4 Å². The maximum absolute atomic E-state index is 9.87. The van der Waals surface area contributed by atoms with Crippen LogP contribution in [0.25, 0.3) is 0 Å². The van der Waals surface area contributed by atoms with Crippen LogP contribution in [-0.4, -0.2) is 30.5 Å². The Balaban J connectivity index is 2.48. The molecular formula is C11H20O3. The summed E-state index contributed by atoms with van der Waals surface area (Å²) in [6, 6.07) is 0. The molecule has 1 aliphatic heterocycles. The van der Waals surface area contributed by atoms with Crippen molar-refractivity contribution in [3.63, 3.8) is 0 Å². The standard InChI is InChI=1S/C11H20O3/c1-11(2,13-3)8-9(12)10-6-4-5-7-14-10/h6,9,12H,4-5,7-8H2,1-3H3. The predicted octanol–water partition coefficient (Wildman–Crippen LogP) is 1.86. The zero-order valence-electron chi connectivity index (χ0n) is 9.25. The molecule has 0 bridgehead atoms. The van der Waals surface area contributed by atoms with E-state index in [1.807, 2.05) is 19.9 Å². The summed E-state index contributed by atoms with van der Waals surface area (Å²) >= 11 is 0. The van der Waals surface area contributed by atoms with Crippen LogP contribution in [0.15, 0.2) is 11.8 Å². The number of methoxy groups -OCH3 is 1. The molecular weight excluding hydrogens is 180 g/mol. The van der Waals surface area contributed by atoms with Crippen LogP contribution in [0, 0.1) is 0 Å². The van der Waals surface area contributed by atoms with Crippen molar-refractivity contribution in [1.82, 2.24) is 0 Å². The summed E-state index contributed by atoms with van der Waals surface area (Å²) in [5, 5.41) is 9.87. The van der Waals surface area contributed by atoms with Crippen molar-refractivity contribution >= 4 is 0 Å². The Hall–Kier alpha value is -0.540. The van der Waals surface area contributed by atoms with E-state index in [4.69, 9.17) is 9.47 Å². The highest BCUT2D eigenvalue weighted by atomic mass is 16.5. The van der Waals surface area contributed by atoms with Crippen LogP contribution in [0.5, 0.6) is 0 Å². The molecule has 1 heterocycles. The number of hydrogen-bond acceptors (Lipinski definition) is 3. The first-order valence-electron chi connectivity index (χ1n) is 5.11. The lowest BCUT2D eigenvalue weighted by molar-refractivity contribution is -0.0256. The number of ether oxygens (including phenoxy) is 2. The average Bonchev–Trinajstić information content (AvgIpc) is 2.19. The zero-order chi connectivity index (χ0) is 10.6. The third-order valence-corrected chi connectivity index (χ3v) is 2.53. The van der Waals surface area contributed by atoms with Gasteiger partial charge in [-0.25, -0.2) is 0 Å². The first-order chi connectivity index (χ1) is 6.55. The number of hydrogen-bond donors (Lipinski definition) is 1. The second kappa shape index (κ2) is 4.80. The first kappa shape index (κ1) is 11.5. The SMILES string of the molecule is COC(C)(C)CC(O)C1=CCCCO1. The lowest BCUT2D eigenvalue weighted by Crippen LogP contribution is -2.30. The molecule has 0 spiro atoms. The topological polar surface area (TPSA) is 38.7 Å². The van der Waals surface area contributed by atoms with Crippen LogP contribution in [0.3, 0.4) is 0 Å². The molecule has 1 atom stereocenters. The van der Waals surface area contributed by atoms with E-state index in [2.05, 4.69) is 0 Å². The van der Waals surface area contributed by atoms with Gasteiger partial charge < -0.3 is 14.6 Å². The summed E-state index contributed by atoms with van der Waals surface area (Å²) in [7, 11) is 1.66. The Bertz CT molecular complexity index is 209. The van der Waals surface area contributed by atoms with E-state index in [1.54, 1.807) is 7.11 Å². The smallest absolute Gasteiger partial charge is 0.121 e. The Morgan fingerprint density at radius 2 is 2.36 bits per heavy atom. The highest BCUT2D eigenvalue weighted by molar-refractivity contribution is 5.03. The molecule has 1 rings (SSSR count). The van der Waals surface area contributed by atoms with E-state index in [9.17, 15) is 5.11 Å². The lowest BCUT2D eigenvalue weighted by Gasteiger charge is -2.28. The molecule has 1 N–H and O–H groups in total. The first-order valence-corrected chi connectivity index (χ1v) is 5.11. The van der Waals surface area contributed by atoms with Crippen molar-refractivity contribution in [2.24, 2.45) is 0 Å². The summed E-state index contributed by atoms with van der Waals surface area (Å²) in [5.74, 6) is 0.710. The summed E-state index contributed by atoms with van der Waals surface area (Å²) in [4.78, 5) is 0. The van der Waals surface area contributed by atoms with Gasteiger partial charge in [0, 0.05) is 13.5 Å². The Labute approximate surface area is 85.7 Å². The molecule has 0 aromatic heterocycles. The van der Waals surface area contributed by atoms with E-state index in [-0.39, 0.29) is 5.60 Å². The van der Waals surface area contributed by atoms with Crippen LogP contribution >= 0.6 is 0 Å². The molecule has 0 aliphatic carbocycles. The van der Waals surface area contributed by atoms with Gasteiger partial charge in [-0.05, 0) is 32.8 Å². The van der Waals surface area contributed by atoms with Gasteiger partial charge in [0.2, 0.25) is 0 Å². The fraction of sp³-hybridized carbons (Fsp3) is 0.818. The second-order valence-corrected chi connectivity index (χ2v) is 4.28. The Morgan fingerprint density at radius 3 is 2.86 bits per heavy atom. The van der Waals surface area contributed by atoms with Gasteiger partial charge in [0.15, 0.2) is 0 Å². The van der Waals surface area contributed by atoms with Crippen molar-refractivity contribution in [2.75, 3.05) is 13.7 Å². The third-order valence-electron chi connectivity index (χ3n) is 2.53. The van der Waals surface area contributed by atoms with Gasteiger partial charge in [0.05, 0.1) is 12.2 Å². The van der Waals surface area contributed by atoms with Gasteiger partial charge in [-0.1, -0.05) is 0 Å². The maximum Gasteiger partial charge on any atom is 0.121 e. The summed E-state index contributed by atoms with van der Waals surface area (Å²) in [5.41, 5.74) is -0.305. The van der Waals surface area contributed by atoms with Gasteiger partial charge >= 0.3 is 0 Å². The van der Waals surface area contributed by atoms with Gasteiger partial charge in [-0.2, -0.15) is 0 Å². The Kier molecular flexibility index (Phi) is 3.96. The molecule has 3 heteroatoms. The van der Waals surface area contributed by atoms with E-state index >= 15 is 0 Å². The van der Waals surface area contributed by atoms with Crippen LogP contribution in [-0.2, 0) is 9.47 Å². The summed E-state index contributed by atoms with van der Waals surface area (Å²) in [6.07, 6.45) is 4.05. The fourth-order valence-corrected chi connectivity index (χ4v) is 1.46. The molecule has 0 saturated carbocycles. The van der Waals surface area contributed by atoms with E-state index in [0.29, 0.717) is 12.2 Å². The number of rotatable bonds is 4. The number of aliphatic hydroxyl groups excluding tert-OH is 1. The average molecular weight is 200 g/mol. The minimum atomic E-state index is -0.537. The van der Waals surface area contributed by atoms with Crippen molar-refractivity contribution in [1.29, 1.82) is 0 Å². The molecule has 1 aliphatic rings.